The Labute approximate surface area is 133 Å². The second kappa shape index (κ2) is 7.00. The number of hydrogen-bond donors (Lipinski definition) is 1. The van der Waals surface area contributed by atoms with Crippen LogP contribution >= 0.6 is 23.2 Å². The van der Waals surface area contributed by atoms with Crippen molar-refractivity contribution in [3.05, 3.63) is 28.2 Å². The SMILES string of the molecule is CCOC(=O)C1CCCN1C(=O)Nc1cc(Cl)cc(Cl)c1. The molecule has 5 nitrogen and oxygen atoms in total. The van der Waals surface area contributed by atoms with Crippen molar-refractivity contribution in [1.82, 2.24) is 4.90 Å². The summed E-state index contributed by atoms with van der Waals surface area (Å²) in [6.45, 7) is 2.56. The average molecular weight is 331 g/mol. The van der Waals surface area contributed by atoms with Gasteiger partial charge in [0.2, 0.25) is 0 Å². The van der Waals surface area contributed by atoms with E-state index >= 15 is 0 Å². The summed E-state index contributed by atoms with van der Waals surface area (Å²) in [5, 5.41) is 3.57. The van der Waals surface area contributed by atoms with E-state index in [2.05, 4.69) is 5.32 Å². The van der Waals surface area contributed by atoms with Crippen molar-refractivity contribution in [2.75, 3.05) is 18.5 Å². The Kier molecular flexibility index (Phi) is 5.31. The van der Waals surface area contributed by atoms with E-state index in [0.717, 1.165) is 6.42 Å². The van der Waals surface area contributed by atoms with Crippen molar-refractivity contribution in [1.29, 1.82) is 0 Å². The molecule has 1 heterocycles. The van der Waals surface area contributed by atoms with E-state index in [4.69, 9.17) is 27.9 Å². The summed E-state index contributed by atoms with van der Waals surface area (Å²) in [5.41, 5.74) is 0.493. The first-order valence-corrected chi connectivity index (χ1v) is 7.47. The molecule has 2 amide bonds. The predicted octanol–water partition coefficient (Wildman–Crippen LogP) is 3.55. The summed E-state index contributed by atoms with van der Waals surface area (Å²) in [6, 6.07) is 3.89. The van der Waals surface area contributed by atoms with Gasteiger partial charge in [0.05, 0.1) is 6.61 Å². The number of nitrogens with one attached hydrogen (secondary N) is 1. The van der Waals surface area contributed by atoms with Crippen LogP contribution in [-0.4, -0.2) is 36.1 Å². The van der Waals surface area contributed by atoms with Crippen molar-refractivity contribution >= 4 is 40.9 Å². The Morgan fingerprint density at radius 1 is 1.33 bits per heavy atom. The van der Waals surface area contributed by atoms with Gasteiger partial charge in [-0.2, -0.15) is 0 Å². The van der Waals surface area contributed by atoms with Gasteiger partial charge >= 0.3 is 12.0 Å². The molecule has 21 heavy (non-hydrogen) atoms. The van der Waals surface area contributed by atoms with E-state index in [-0.39, 0.29) is 12.0 Å². The van der Waals surface area contributed by atoms with Gasteiger partial charge in [-0.3, -0.25) is 0 Å². The van der Waals surface area contributed by atoms with E-state index in [9.17, 15) is 9.59 Å². The van der Waals surface area contributed by atoms with Crippen LogP contribution in [0.2, 0.25) is 10.0 Å². The van der Waals surface area contributed by atoms with Crippen LogP contribution in [0.5, 0.6) is 0 Å². The summed E-state index contributed by atoms with van der Waals surface area (Å²) in [4.78, 5) is 25.6. The lowest BCUT2D eigenvalue weighted by molar-refractivity contribution is -0.147. The Bertz CT molecular complexity index is 531. The molecule has 1 saturated heterocycles. The standard InChI is InChI=1S/C14H16Cl2N2O3/c1-2-21-13(19)12-4-3-5-18(12)14(20)17-11-7-9(15)6-10(16)8-11/h6-8,12H,2-5H2,1H3,(H,17,20). The third-order valence-electron chi connectivity index (χ3n) is 3.19. The molecule has 0 aliphatic carbocycles. The first kappa shape index (κ1) is 15.9. The maximum absolute atomic E-state index is 12.3. The van der Waals surface area contributed by atoms with E-state index < -0.39 is 6.04 Å². The zero-order valence-electron chi connectivity index (χ0n) is 11.6. The van der Waals surface area contributed by atoms with E-state index in [0.29, 0.717) is 35.3 Å². The number of ether oxygens (including phenoxy) is 1. The number of carbonyl (C=O) groups excluding carboxylic acids is 2. The summed E-state index contributed by atoms with van der Waals surface area (Å²) < 4.78 is 4.99. The molecule has 1 aromatic rings. The molecule has 1 aliphatic heterocycles. The highest BCUT2D eigenvalue weighted by Gasteiger charge is 2.35. The van der Waals surface area contributed by atoms with Crippen LogP contribution in [0, 0.1) is 0 Å². The summed E-state index contributed by atoms with van der Waals surface area (Å²) >= 11 is 11.8. The Balaban J connectivity index is 2.06. The molecule has 0 radical (unpaired) electrons. The molecule has 1 unspecified atom stereocenters. The number of esters is 1. The number of hydrogen-bond acceptors (Lipinski definition) is 3. The van der Waals surface area contributed by atoms with Crippen LogP contribution in [0.3, 0.4) is 0 Å². The fourth-order valence-electron chi connectivity index (χ4n) is 2.31. The number of halogens is 2. The summed E-state index contributed by atoms with van der Waals surface area (Å²) in [7, 11) is 0. The van der Waals surface area contributed by atoms with Gasteiger partial charge in [0.15, 0.2) is 0 Å². The summed E-state index contributed by atoms with van der Waals surface area (Å²) in [6.07, 6.45) is 1.38. The van der Waals surface area contributed by atoms with Crippen molar-refractivity contribution in [3.8, 4) is 0 Å². The minimum atomic E-state index is -0.528. The smallest absolute Gasteiger partial charge is 0.328 e. The van der Waals surface area contributed by atoms with Gasteiger partial charge < -0.3 is 15.0 Å². The number of benzene rings is 1. The molecule has 2 rings (SSSR count). The van der Waals surface area contributed by atoms with Gasteiger partial charge in [0.25, 0.3) is 0 Å². The lowest BCUT2D eigenvalue weighted by Gasteiger charge is -2.23. The first-order valence-electron chi connectivity index (χ1n) is 6.71. The van der Waals surface area contributed by atoms with Crippen LogP contribution in [0.4, 0.5) is 10.5 Å². The molecule has 1 N–H and O–H groups in total. The van der Waals surface area contributed by atoms with Crippen molar-refractivity contribution in [3.63, 3.8) is 0 Å². The molecule has 1 aromatic carbocycles. The molecule has 1 fully saturated rings. The normalized spacial score (nSPS) is 17.7. The Morgan fingerprint density at radius 2 is 2.00 bits per heavy atom. The monoisotopic (exact) mass is 330 g/mol. The van der Waals surface area contributed by atoms with Gasteiger partial charge in [-0.05, 0) is 38.0 Å². The van der Waals surface area contributed by atoms with E-state index in [1.165, 1.54) is 4.90 Å². The van der Waals surface area contributed by atoms with Gasteiger partial charge in [0, 0.05) is 22.3 Å². The first-order chi connectivity index (χ1) is 10.0. The maximum atomic E-state index is 12.3. The van der Waals surface area contributed by atoms with Gasteiger partial charge in [-0.1, -0.05) is 23.2 Å². The van der Waals surface area contributed by atoms with Gasteiger partial charge in [-0.25, -0.2) is 9.59 Å². The van der Waals surface area contributed by atoms with Crippen LogP contribution in [0.15, 0.2) is 18.2 Å². The zero-order valence-corrected chi connectivity index (χ0v) is 13.1. The number of rotatable bonds is 3. The lowest BCUT2D eigenvalue weighted by atomic mass is 10.2. The molecule has 0 aromatic heterocycles. The number of urea groups is 1. The highest BCUT2D eigenvalue weighted by Crippen LogP contribution is 2.24. The third-order valence-corrected chi connectivity index (χ3v) is 3.62. The van der Waals surface area contributed by atoms with E-state index in [1.807, 2.05) is 0 Å². The average Bonchev–Trinajstić information content (AvgIpc) is 2.86. The number of amides is 2. The minimum absolute atomic E-state index is 0.300. The van der Waals surface area contributed by atoms with Gasteiger partial charge in [-0.15, -0.1) is 0 Å². The minimum Gasteiger partial charge on any atom is -0.464 e. The molecule has 0 spiro atoms. The van der Waals surface area contributed by atoms with Crippen molar-refractivity contribution < 1.29 is 14.3 Å². The summed E-state index contributed by atoms with van der Waals surface area (Å²) in [5.74, 6) is -0.366. The number of anilines is 1. The third kappa shape index (κ3) is 4.02. The number of likely N-dealkylation sites (tertiary alicyclic amines) is 1. The largest absolute Gasteiger partial charge is 0.464 e. The molecule has 0 saturated carbocycles. The fraction of sp³-hybridized carbons (Fsp3) is 0.429. The number of carbonyl (C=O) groups is 2. The second-order valence-corrected chi connectivity index (χ2v) is 5.56. The Hall–Kier alpha value is -1.46. The molecule has 0 bridgehead atoms. The molecular weight excluding hydrogens is 315 g/mol. The quantitative estimate of drug-likeness (QED) is 0.862. The zero-order chi connectivity index (χ0) is 15.4. The van der Waals surface area contributed by atoms with Crippen LogP contribution in [0.1, 0.15) is 19.8 Å². The predicted molar refractivity (Wildman–Crippen MR) is 81.8 cm³/mol. The lowest BCUT2D eigenvalue weighted by Crippen LogP contribution is -2.43. The fourth-order valence-corrected chi connectivity index (χ4v) is 2.84. The van der Waals surface area contributed by atoms with E-state index in [1.54, 1.807) is 25.1 Å². The Morgan fingerprint density at radius 3 is 2.62 bits per heavy atom. The van der Waals surface area contributed by atoms with Crippen LogP contribution in [-0.2, 0) is 9.53 Å². The highest BCUT2D eigenvalue weighted by atomic mass is 35.5. The number of nitrogens with zero attached hydrogens (tertiary/aromatic N) is 1. The molecule has 7 heteroatoms. The maximum Gasteiger partial charge on any atom is 0.328 e. The van der Waals surface area contributed by atoms with Crippen molar-refractivity contribution in [2.45, 2.75) is 25.8 Å². The molecule has 114 valence electrons. The second-order valence-electron chi connectivity index (χ2n) is 4.69. The topological polar surface area (TPSA) is 58.6 Å². The molecule has 1 atom stereocenters. The molecular formula is C14H16Cl2N2O3. The van der Waals surface area contributed by atoms with Crippen LogP contribution < -0.4 is 5.32 Å². The van der Waals surface area contributed by atoms with Crippen molar-refractivity contribution in [2.24, 2.45) is 0 Å². The van der Waals surface area contributed by atoms with Crippen LogP contribution in [0.25, 0.3) is 0 Å². The molecule has 1 aliphatic rings. The highest BCUT2D eigenvalue weighted by molar-refractivity contribution is 6.35. The van der Waals surface area contributed by atoms with Gasteiger partial charge in [0.1, 0.15) is 6.04 Å².